The lowest BCUT2D eigenvalue weighted by atomic mass is 9.84. The van der Waals surface area contributed by atoms with Crippen LogP contribution in [0.25, 0.3) is 0 Å². The van der Waals surface area contributed by atoms with Gasteiger partial charge in [-0.15, -0.1) is 0 Å². The van der Waals surface area contributed by atoms with E-state index in [1.807, 2.05) is 24.3 Å². The average molecular weight is 591 g/mol. The maximum atomic E-state index is 12.6. The second-order valence-electron chi connectivity index (χ2n) is 12.2. The van der Waals surface area contributed by atoms with Gasteiger partial charge < -0.3 is 21.9 Å². The van der Waals surface area contributed by atoms with Crippen LogP contribution in [0.2, 0.25) is 5.02 Å². The smallest absolute Gasteiger partial charge is 0.310 e. The zero-order chi connectivity index (χ0) is 27.5. The molecule has 0 N–H and O–H groups in total. The molecule has 1 fully saturated rings. The lowest BCUT2D eigenvalue weighted by Gasteiger charge is -2.29. The van der Waals surface area contributed by atoms with Crippen molar-refractivity contribution in [1.82, 2.24) is 0 Å². The summed E-state index contributed by atoms with van der Waals surface area (Å²) in [6, 6.07) is 14.3. The molecule has 6 heteroatoms. The van der Waals surface area contributed by atoms with Crippen LogP contribution >= 0.6 is 11.6 Å². The topological polar surface area (TPSA) is 35.5 Å². The largest absolute Gasteiger partial charge is 1.00 e. The molecule has 2 aliphatic rings. The van der Waals surface area contributed by atoms with Crippen molar-refractivity contribution >= 4 is 17.6 Å². The molecule has 40 heavy (non-hydrogen) atoms. The zero-order valence-electron chi connectivity index (χ0n) is 24.6. The molecule has 3 atom stereocenters. The van der Waals surface area contributed by atoms with Gasteiger partial charge >= 0.3 is 5.97 Å². The van der Waals surface area contributed by atoms with Crippen LogP contribution in [0.5, 0.6) is 11.5 Å². The quantitative estimate of drug-likeness (QED) is 0.123. The summed E-state index contributed by atoms with van der Waals surface area (Å²) >= 11 is 6.40. The second-order valence-corrected chi connectivity index (χ2v) is 12.6. The first-order valence-electron chi connectivity index (χ1n) is 15.5. The van der Waals surface area contributed by atoms with Crippen LogP contribution in [0.3, 0.4) is 0 Å². The van der Waals surface area contributed by atoms with Crippen LogP contribution in [-0.4, -0.2) is 37.3 Å². The molecular formula is C34H49Cl2NO3. The van der Waals surface area contributed by atoms with Gasteiger partial charge in [0.25, 0.3) is 0 Å². The number of benzene rings is 2. The summed E-state index contributed by atoms with van der Waals surface area (Å²) in [5, 5.41) is 0.729. The van der Waals surface area contributed by atoms with Gasteiger partial charge in [0, 0.05) is 34.4 Å². The molecule has 0 radical (unpaired) electrons. The molecule has 1 saturated heterocycles. The van der Waals surface area contributed by atoms with E-state index < -0.39 is 0 Å². The number of hydrogen-bond acceptors (Lipinski definition) is 3. The van der Waals surface area contributed by atoms with Gasteiger partial charge in [-0.1, -0.05) is 114 Å². The number of rotatable bonds is 16. The molecule has 0 amide bonds. The van der Waals surface area contributed by atoms with Crippen LogP contribution in [0.4, 0.5) is 0 Å². The molecule has 0 spiro atoms. The van der Waals surface area contributed by atoms with Crippen molar-refractivity contribution in [3.8, 4) is 11.5 Å². The first-order valence-corrected chi connectivity index (χ1v) is 15.9. The highest BCUT2D eigenvalue weighted by atomic mass is 35.5. The standard InChI is InChI=1S/C34H49ClNO3.ClH/c1-3-4-5-6-7-8-9-10-11-12-13-14-15-20-34(37)38-26-36(2)24-30-28-18-16-17-19-32(28)39-33-22-21-27(35)23-29(33)31(30)25-36;/h16-19,21-23,30-31H,3-15,20,24-26H2,1-2H3;1H/q+1;/p-1. The van der Waals surface area contributed by atoms with Gasteiger partial charge in [-0.25, -0.2) is 0 Å². The number of nitrogens with zero attached hydrogens (tertiary/aromatic N) is 1. The Morgan fingerprint density at radius 2 is 1.38 bits per heavy atom. The number of hydrogen-bond donors (Lipinski definition) is 0. The Bertz CT molecular complexity index is 1060. The molecule has 2 heterocycles. The molecule has 4 rings (SSSR count). The van der Waals surface area contributed by atoms with Gasteiger partial charge in [0.05, 0.1) is 20.1 Å². The van der Waals surface area contributed by atoms with E-state index in [0.29, 0.717) is 23.6 Å². The Hall–Kier alpha value is -1.75. The number of fused-ring (bicyclic) bond motifs is 5. The number of likely N-dealkylation sites (N-methyl/N-ethyl adjacent to an activating group) is 1. The minimum absolute atomic E-state index is 0. The zero-order valence-corrected chi connectivity index (χ0v) is 26.2. The maximum absolute atomic E-state index is 12.6. The van der Waals surface area contributed by atoms with E-state index >= 15 is 0 Å². The Morgan fingerprint density at radius 1 is 0.825 bits per heavy atom. The molecule has 0 saturated carbocycles. The summed E-state index contributed by atoms with van der Waals surface area (Å²) in [4.78, 5) is 12.6. The van der Waals surface area contributed by atoms with Gasteiger partial charge in [0.15, 0.2) is 0 Å². The molecule has 0 aromatic heterocycles. The molecule has 0 aliphatic carbocycles. The van der Waals surface area contributed by atoms with Crippen LogP contribution in [0.15, 0.2) is 42.5 Å². The van der Waals surface area contributed by atoms with Crippen molar-refractivity contribution < 1.29 is 31.2 Å². The third kappa shape index (κ3) is 9.39. The highest BCUT2D eigenvalue weighted by Crippen LogP contribution is 2.51. The first-order chi connectivity index (χ1) is 19.0. The lowest BCUT2D eigenvalue weighted by molar-refractivity contribution is -0.915. The van der Waals surface area contributed by atoms with Crippen LogP contribution in [0, 0.1) is 0 Å². The van der Waals surface area contributed by atoms with Crippen molar-refractivity contribution in [2.45, 2.75) is 109 Å². The van der Waals surface area contributed by atoms with Crippen LogP contribution in [0.1, 0.15) is 120 Å². The summed E-state index contributed by atoms with van der Waals surface area (Å²) in [6.45, 7) is 4.49. The van der Waals surface area contributed by atoms with E-state index in [0.717, 1.165) is 48.0 Å². The van der Waals surface area contributed by atoms with E-state index in [2.05, 4.69) is 32.2 Å². The van der Waals surface area contributed by atoms with Gasteiger partial charge in [0.1, 0.15) is 11.5 Å². The van der Waals surface area contributed by atoms with Gasteiger partial charge in [-0.05, 0) is 30.7 Å². The van der Waals surface area contributed by atoms with Gasteiger partial charge in [0.2, 0.25) is 6.73 Å². The number of esters is 1. The highest BCUT2D eigenvalue weighted by Gasteiger charge is 2.48. The number of unbranched alkanes of at least 4 members (excludes halogenated alkanes) is 12. The van der Waals surface area contributed by atoms with Crippen molar-refractivity contribution in [3.05, 3.63) is 58.6 Å². The maximum Gasteiger partial charge on any atom is 0.310 e. The lowest BCUT2D eigenvalue weighted by Crippen LogP contribution is -3.00. The molecule has 4 nitrogen and oxygen atoms in total. The summed E-state index contributed by atoms with van der Waals surface area (Å²) in [7, 11) is 2.21. The summed E-state index contributed by atoms with van der Waals surface area (Å²) < 4.78 is 12.9. The normalized spacial score (nSPS) is 20.9. The van der Waals surface area contributed by atoms with Crippen molar-refractivity contribution in [3.63, 3.8) is 0 Å². The Labute approximate surface area is 253 Å². The fraction of sp³-hybridized carbons (Fsp3) is 0.618. The fourth-order valence-electron chi connectivity index (χ4n) is 6.50. The minimum atomic E-state index is -0.0586. The van der Waals surface area contributed by atoms with E-state index in [1.54, 1.807) is 0 Å². The van der Waals surface area contributed by atoms with E-state index in [-0.39, 0.29) is 24.3 Å². The Morgan fingerprint density at radius 3 is 2.02 bits per heavy atom. The Balaban J connectivity index is 0.00000441. The number of para-hydroxylation sites is 1. The number of likely N-dealkylation sites (tertiary alicyclic amines) is 1. The van der Waals surface area contributed by atoms with Crippen LogP contribution in [-0.2, 0) is 9.53 Å². The van der Waals surface area contributed by atoms with Crippen LogP contribution < -0.4 is 17.1 Å². The third-order valence-corrected chi connectivity index (χ3v) is 8.93. The van der Waals surface area contributed by atoms with E-state index in [9.17, 15) is 4.79 Å². The van der Waals surface area contributed by atoms with Crippen molar-refractivity contribution in [1.29, 1.82) is 0 Å². The summed E-state index contributed by atoms with van der Waals surface area (Å²) in [5.41, 5.74) is 2.39. The van der Waals surface area contributed by atoms with E-state index in [1.165, 1.54) is 76.2 Å². The summed E-state index contributed by atoms with van der Waals surface area (Å²) in [5.74, 6) is 2.31. The fourth-order valence-corrected chi connectivity index (χ4v) is 6.68. The molecule has 222 valence electrons. The van der Waals surface area contributed by atoms with E-state index in [4.69, 9.17) is 21.1 Å². The monoisotopic (exact) mass is 589 g/mol. The molecule has 0 bridgehead atoms. The number of ether oxygens (including phenoxy) is 2. The highest BCUT2D eigenvalue weighted by molar-refractivity contribution is 6.30. The van der Waals surface area contributed by atoms with Crippen molar-refractivity contribution in [2.75, 3.05) is 26.9 Å². The summed E-state index contributed by atoms with van der Waals surface area (Å²) in [6.07, 6.45) is 17.5. The minimum Gasteiger partial charge on any atom is -1.00 e. The van der Waals surface area contributed by atoms with Gasteiger partial charge in [-0.2, -0.15) is 0 Å². The SMILES string of the molecule is CCCCCCCCCCCCCCCC(=O)OC[N+]1(C)CC2c3ccccc3Oc3ccc(Cl)cc3C2C1.[Cl-]. The average Bonchev–Trinajstić information content (AvgIpc) is 3.23. The number of quaternary nitrogens is 1. The molecule has 2 aliphatic heterocycles. The van der Waals surface area contributed by atoms with Gasteiger partial charge in [-0.3, -0.25) is 9.28 Å². The third-order valence-electron chi connectivity index (χ3n) is 8.69. The predicted octanol–water partition coefficient (Wildman–Crippen LogP) is 6.76. The first kappa shape index (κ1) is 32.8. The molecule has 2 aromatic carbocycles. The molecule has 2 aromatic rings. The molecule has 3 unspecified atom stereocenters. The number of carbonyl (C=O) groups is 1. The predicted molar refractivity (Wildman–Crippen MR) is 161 cm³/mol. The van der Waals surface area contributed by atoms with Crippen molar-refractivity contribution in [2.24, 2.45) is 0 Å². The number of carbonyl (C=O) groups excluding carboxylic acids is 1. The second kappa shape index (κ2) is 16.6. The number of halogens is 2. The molecular weight excluding hydrogens is 541 g/mol. The Kier molecular flexibility index (Phi) is 13.6.